The first-order chi connectivity index (χ1) is 17.0. The molecule has 3 fully saturated rings. The van der Waals surface area contributed by atoms with E-state index in [0.717, 1.165) is 32.4 Å². The molecule has 0 spiro atoms. The van der Waals surface area contributed by atoms with Crippen LogP contribution < -0.4 is 15.4 Å². The van der Waals surface area contributed by atoms with Crippen molar-refractivity contribution >= 4 is 29.1 Å². The van der Waals surface area contributed by atoms with Gasteiger partial charge in [-0.25, -0.2) is 0 Å². The van der Waals surface area contributed by atoms with Crippen LogP contribution in [0.5, 0.6) is 5.75 Å². The van der Waals surface area contributed by atoms with Crippen LogP contribution in [0.25, 0.3) is 0 Å². The summed E-state index contributed by atoms with van der Waals surface area (Å²) in [7, 11) is 1.52. The van der Waals surface area contributed by atoms with E-state index >= 15 is 0 Å². The number of nitrogens with one attached hydrogen (secondary N) is 2. The highest BCUT2D eigenvalue weighted by atomic mass is 35.5. The van der Waals surface area contributed by atoms with Gasteiger partial charge in [-0.15, -0.1) is 0 Å². The molecule has 2 N–H and O–H groups in total. The maximum atomic E-state index is 13.2. The largest absolute Gasteiger partial charge is 0.496 e. The maximum Gasteiger partial charge on any atom is 0.255 e. The van der Waals surface area contributed by atoms with E-state index in [1.807, 2.05) is 0 Å². The second-order valence-electron chi connectivity index (χ2n) is 10.1. The number of hydrogen-bond acceptors (Lipinski definition) is 4. The molecule has 2 aromatic rings. The third kappa shape index (κ3) is 5.49. The van der Waals surface area contributed by atoms with E-state index in [0.29, 0.717) is 34.0 Å². The fourth-order valence-electron chi connectivity index (χ4n) is 5.68. The summed E-state index contributed by atoms with van der Waals surface area (Å²) in [6, 6.07) is 14.7. The molecule has 3 atom stereocenters. The van der Waals surface area contributed by atoms with Gasteiger partial charge in [0.1, 0.15) is 5.75 Å². The number of ether oxygens (including phenoxy) is 1. The normalized spacial score (nSPS) is 24.7. The summed E-state index contributed by atoms with van der Waals surface area (Å²) < 4.78 is 5.48. The number of halogens is 1. The van der Waals surface area contributed by atoms with Gasteiger partial charge in [0.2, 0.25) is 5.91 Å². The van der Waals surface area contributed by atoms with Crippen molar-refractivity contribution in [2.75, 3.05) is 25.5 Å². The Morgan fingerprint density at radius 2 is 1.80 bits per heavy atom. The lowest BCUT2D eigenvalue weighted by atomic mass is 9.79. The number of amides is 2. The minimum atomic E-state index is -0.195. The molecule has 1 saturated heterocycles. The van der Waals surface area contributed by atoms with Crippen molar-refractivity contribution < 1.29 is 14.3 Å². The highest BCUT2D eigenvalue weighted by molar-refractivity contribution is 6.34. The summed E-state index contributed by atoms with van der Waals surface area (Å²) >= 11 is 6.43. The predicted octanol–water partition coefficient (Wildman–Crippen LogP) is 5.23. The van der Waals surface area contributed by atoms with Gasteiger partial charge < -0.3 is 15.4 Å². The third-order valence-corrected chi connectivity index (χ3v) is 8.03. The Morgan fingerprint density at radius 1 is 1.03 bits per heavy atom. The average Bonchev–Trinajstić information content (AvgIpc) is 3.64. The summed E-state index contributed by atoms with van der Waals surface area (Å²) in [5.74, 6) is 0.796. The highest BCUT2D eigenvalue weighted by Gasteiger charge is 2.36. The Morgan fingerprint density at radius 3 is 2.54 bits per heavy atom. The van der Waals surface area contributed by atoms with Gasteiger partial charge in [-0.2, -0.15) is 0 Å². The summed E-state index contributed by atoms with van der Waals surface area (Å²) in [5.41, 5.74) is 2.30. The topological polar surface area (TPSA) is 70.7 Å². The molecular weight excluding hydrogens is 462 g/mol. The number of rotatable bonds is 7. The Balaban J connectivity index is 1.24. The van der Waals surface area contributed by atoms with Crippen molar-refractivity contribution in [1.29, 1.82) is 0 Å². The van der Waals surface area contributed by atoms with Crippen molar-refractivity contribution in [3.8, 4) is 5.75 Å². The Kier molecular flexibility index (Phi) is 7.30. The monoisotopic (exact) mass is 495 g/mol. The molecule has 186 valence electrons. The van der Waals surface area contributed by atoms with E-state index in [1.165, 1.54) is 38.4 Å². The SMILES string of the molecule is COc1cc(NC(=O)C2CC2)c(Cl)cc1C(=O)N[C@H]1CCN(C2CCCCC2c2ccccc2)C1. The minimum absolute atomic E-state index is 0.0336. The summed E-state index contributed by atoms with van der Waals surface area (Å²) in [6.45, 7) is 1.84. The second kappa shape index (κ2) is 10.6. The van der Waals surface area contributed by atoms with Crippen molar-refractivity contribution in [1.82, 2.24) is 10.2 Å². The van der Waals surface area contributed by atoms with Crippen LogP contribution in [-0.4, -0.2) is 49.0 Å². The van der Waals surface area contributed by atoms with Crippen molar-refractivity contribution in [3.05, 3.63) is 58.6 Å². The highest BCUT2D eigenvalue weighted by Crippen LogP contribution is 2.38. The Labute approximate surface area is 212 Å². The first-order valence-electron chi connectivity index (χ1n) is 12.8. The van der Waals surface area contributed by atoms with E-state index in [4.69, 9.17) is 16.3 Å². The lowest BCUT2D eigenvalue weighted by Crippen LogP contribution is -2.43. The molecule has 2 saturated carbocycles. The van der Waals surface area contributed by atoms with Crippen LogP contribution >= 0.6 is 11.6 Å². The third-order valence-electron chi connectivity index (χ3n) is 7.72. The molecule has 3 aliphatic rings. The number of carbonyl (C=O) groups is 2. The molecule has 5 rings (SSSR count). The second-order valence-corrected chi connectivity index (χ2v) is 10.5. The molecular formula is C28H34ClN3O3. The van der Waals surface area contributed by atoms with Crippen molar-refractivity contribution in [2.24, 2.45) is 5.92 Å². The number of methoxy groups -OCH3 is 1. The molecule has 0 radical (unpaired) electrons. The van der Waals surface area contributed by atoms with Gasteiger partial charge in [-0.1, -0.05) is 54.8 Å². The minimum Gasteiger partial charge on any atom is -0.496 e. The number of anilines is 1. The van der Waals surface area contributed by atoms with Gasteiger partial charge in [0.25, 0.3) is 5.91 Å². The zero-order valence-electron chi connectivity index (χ0n) is 20.3. The van der Waals surface area contributed by atoms with E-state index in [-0.39, 0.29) is 23.8 Å². The fraction of sp³-hybridized carbons (Fsp3) is 0.500. The molecule has 1 aliphatic heterocycles. The van der Waals surface area contributed by atoms with Crippen LogP contribution in [0.3, 0.4) is 0 Å². The summed E-state index contributed by atoms with van der Waals surface area (Å²) in [4.78, 5) is 27.9. The van der Waals surface area contributed by atoms with Crippen LogP contribution in [-0.2, 0) is 4.79 Å². The lowest BCUT2D eigenvalue weighted by Gasteiger charge is -2.38. The predicted molar refractivity (Wildman–Crippen MR) is 138 cm³/mol. The van der Waals surface area contributed by atoms with Crippen molar-refractivity contribution in [2.45, 2.75) is 62.9 Å². The quantitative estimate of drug-likeness (QED) is 0.552. The van der Waals surface area contributed by atoms with E-state index < -0.39 is 0 Å². The Bertz CT molecular complexity index is 1070. The molecule has 0 bridgehead atoms. The van der Waals surface area contributed by atoms with Gasteiger partial charge in [0, 0.05) is 37.2 Å². The number of likely N-dealkylation sites (tertiary alicyclic amines) is 1. The van der Waals surface area contributed by atoms with Crippen LogP contribution in [0.15, 0.2) is 42.5 Å². The summed E-state index contributed by atoms with van der Waals surface area (Å²) in [5, 5.41) is 6.40. The Hall–Kier alpha value is -2.57. The van der Waals surface area contributed by atoms with Gasteiger partial charge in [-0.05, 0) is 49.7 Å². The molecule has 35 heavy (non-hydrogen) atoms. The standard InChI is InChI=1S/C28H34ClN3O3/c1-35-26-16-24(31-27(33)19-11-12-19)23(29)15-22(26)28(34)30-20-13-14-32(17-20)25-10-6-5-9-21(25)18-7-3-2-4-8-18/h2-4,7-8,15-16,19-21,25H,5-6,9-14,17H2,1H3,(H,30,34)(H,31,33)/t20-,21?,25?/m0/s1. The zero-order chi connectivity index (χ0) is 24.4. The first-order valence-corrected chi connectivity index (χ1v) is 13.2. The average molecular weight is 496 g/mol. The van der Waals surface area contributed by atoms with Crippen molar-refractivity contribution in [3.63, 3.8) is 0 Å². The smallest absolute Gasteiger partial charge is 0.255 e. The van der Waals surface area contributed by atoms with E-state index in [2.05, 4.69) is 45.9 Å². The van der Waals surface area contributed by atoms with E-state index in [9.17, 15) is 9.59 Å². The molecule has 0 aromatic heterocycles. The lowest BCUT2D eigenvalue weighted by molar-refractivity contribution is -0.117. The fourth-order valence-corrected chi connectivity index (χ4v) is 5.89. The number of hydrogen-bond donors (Lipinski definition) is 2. The molecule has 1 heterocycles. The van der Waals surface area contributed by atoms with Crippen LogP contribution in [0, 0.1) is 5.92 Å². The van der Waals surface area contributed by atoms with Gasteiger partial charge in [0.15, 0.2) is 0 Å². The molecule has 2 aliphatic carbocycles. The molecule has 6 nitrogen and oxygen atoms in total. The van der Waals surface area contributed by atoms with Gasteiger partial charge >= 0.3 is 0 Å². The number of benzene rings is 2. The number of nitrogens with zero attached hydrogens (tertiary/aromatic N) is 1. The molecule has 2 aromatic carbocycles. The zero-order valence-corrected chi connectivity index (χ0v) is 21.0. The summed E-state index contributed by atoms with van der Waals surface area (Å²) in [6.07, 6.45) is 7.72. The number of carbonyl (C=O) groups excluding carboxylic acids is 2. The molecule has 2 amide bonds. The van der Waals surface area contributed by atoms with Gasteiger partial charge in [-0.3, -0.25) is 14.5 Å². The first kappa shape index (κ1) is 24.1. The van der Waals surface area contributed by atoms with Crippen LogP contribution in [0.4, 0.5) is 5.69 Å². The van der Waals surface area contributed by atoms with Crippen LogP contribution in [0.2, 0.25) is 5.02 Å². The molecule has 2 unspecified atom stereocenters. The van der Waals surface area contributed by atoms with E-state index in [1.54, 1.807) is 12.1 Å². The molecule has 7 heteroatoms. The van der Waals surface area contributed by atoms with Crippen LogP contribution in [0.1, 0.15) is 66.8 Å². The maximum absolute atomic E-state index is 13.2. The van der Waals surface area contributed by atoms with Gasteiger partial charge in [0.05, 0.1) is 23.4 Å².